The molecule has 2 rings (SSSR count). The van der Waals surface area contributed by atoms with E-state index in [0.717, 1.165) is 5.70 Å². The standard InChI is InChI=1S/C22H31N3O5S/c1-16(2)20(21(26)29-22(3,4)5)15-31(27,28)25-12-10-18(11-13-25)24-30-19-8-6-17(14-23)7-9-19/h6-10,16,20,24H,11-13,15H2,1-5H3. The average molecular weight is 450 g/mol. The third kappa shape index (κ3) is 7.56. The first-order valence-electron chi connectivity index (χ1n) is 10.2. The van der Waals surface area contributed by atoms with E-state index in [0.29, 0.717) is 17.7 Å². The molecule has 0 amide bonds. The van der Waals surface area contributed by atoms with Crippen molar-refractivity contribution in [2.75, 3.05) is 18.8 Å². The molecule has 1 aromatic carbocycles. The van der Waals surface area contributed by atoms with Crippen molar-refractivity contribution in [3.63, 3.8) is 0 Å². The van der Waals surface area contributed by atoms with Crippen LogP contribution in [0.15, 0.2) is 36.0 Å². The van der Waals surface area contributed by atoms with Crippen molar-refractivity contribution in [3.8, 4) is 11.8 Å². The molecule has 1 aliphatic rings. The molecule has 1 heterocycles. The lowest BCUT2D eigenvalue weighted by molar-refractivity contribution is -0.160. The number of nitriles is 1. The number of hydroxylamine groups is 1. The number of hydrogen-bond acceptors (Lipinski definition) is 7. The van der Waals surface area contributed by atoms with E-state index >= 15 is 0 Å². The number of carbonyl (C=O) groups excluding carboxylic acids is 1. The van der Waals surface area contributed by atoms with Crippen LogP contribution in [0, 0.1) is 23.2 Å². The van der Waals surface area contributed by atoms with Crippen LogP contribution in [-0.4, -0.2) is 43.1 Å². The van der Waals surface area contributed by atoms with Crippen LogP contribution < -0.4 is 10.3 Å². The Hall–Kier alpha value is -2.57. The molecule has 0 aliphatic carbocycles. The van der Waals surface area contributed by atoms with E-state index in [1.807, 2.05) is 19.9 Å². The first-order valence-corrected chi connectivity index (χ1v) is 11.8. The molecule has 0 fully saturated rings. The third-order valence-corrected chi connectivity index (χ3v) is 6.65. The predicted octanol–water partition coefficient (Wildman–Crippen LogP) is 2.97. The molecule has 0 radical (unpaired) electrons. The maximum absolute atomic E-state index is 12.9. The Morgan fingerprint density at radius 2 is 1.90 bits per heavy atom. The molecule has 9 heteroatoms. The molecule has 0 aromatic heterocycles. The summed E-state index contributed by atoms with van der Waals surface area (Å²) in [5, 5.41) is 8.82. The highest BCUT2D eigenvalue weighted by atomic mass is 32.2. The number of hydrogen-bond donors (Lipinski definition) is 1. The van der Waals surface area contributed by atoms with E-state index in [-0.39, 0.29) is 24.8 Å². The van der Waals surface area contributed by atoms with Crippen LogP contribution in [0.5, 0.6) is 5.75 Å². The van der Waals surface area contributed by atoms with Crippen molar-refractivity contribution in [2.24, 2.45) is 11.8 Å². The lowest BCUT2D eigenvalue weighted by atomic mass is 9.98. The van der Waals surface area contributed by atoms with Gasteiger partial charge in [-0.15, -0.1) is 0 Å². The van der Waals surface area contributed by atoms with Gasteiger partial charge in [0.1, 0.15) is 5.60 Å². The van der Waals surface area contributed by atoms with Gasteiger partial charge in [0.15, 0.2) is 5.75 Å². The number of carbonyl (C=O) groups is 1. The smallest absolute Gasteiger partial charge is 0.310 e. The number of nitrogens with zero attached hydrogens (tertiary/aromatic N) is 2. The highest BCUT2D eigenvalue weighted by Crippen LogP contribution is 2.22. The second kappa shape index (κ2) is 10.2. The number of nitrogens with one attached hydrogen (secondary N) is 1. The van der Waals surface area contributed by atoms with Crippen LogP contribution in [0.25, 0.3) is 0 Å². The second-order valence-electron chi connectivity index (χ2n) is 8.84. The molecule has 170 valence electrons. The number of sulfonamides is 1. The number of esters is 1. The SMILES string of the molecule is CC(C)C(CS(=O)(=O)N1CC=C(NOc2ccc(C#N)cc2)CC1)C(=O)OC(C)(C)C. The van der Waals surface area contributed by atoms with Crippen molar-refractivity contribution in [2.45, 2.75) is 46.6 Å². The van der Waals surface area contributed by atoms with Crippen LogP contribution in [-0.2, 0) is 19.6 Å². The summed E-state index contributed by atoms with van der Waals surface area (Å²) in [4.78, 5) is 18.0. The summed E-state index contributed by atoms with van der Waals surface area (Å²) in [6, 6.07) is 8.69. The summed E-state index contributed by atoms with van der Waals surface area (Å²) in [6.07, 6.45) is 2.21. The van der Waals surface area contributed by atoms with Gasteiger partial charge in [-0.2, -0.15) is 9.57 Å². The second-order valence-corrected chi connectivity index (χ2v) is 10.9. The minimum atomic E-state index is -3.64. The summed E-state index contributed by atoms with van der Waals surface area (Å²) in [6.45, 7) is 9.42. The molecule has 1 N–H and O–H groups in total. The van der Waals surface area contributed by atoms with Crippen LogP contribution in [0.4, 0.5) is 0 Å². The first-order chi connectivity index (χ1) is 14.4. The molecule has 1 unspecified atom stereocenters. The molecule has 0 saturated carbocycles. The Labute approximate surface area is 184 Å². The summed E-state index contributed by atoms with van der Waals surface area (Å²) in [5.74, 6) is -1.11. The lowest BCUT2D eigenvalue weighted by Crippen LogP contribution is -2.43. The van der Waals surface area contributed by atoms with Crippen LogP contribution in [0.3, 0.4) is 0 Å². The quantitative estimate of drug-likeness (QED) is 0.480. The molecule has 1 atom stereocenters. The van der Waals surface area contributed by atoms with Gasteiger partial charge in [-0.3, -0.25) is 4.79 Å². The summed E-state index contributed by atoms with van der Waals surface area (Å²) < 4.78 is 32.7. The third-order valence-electron chi connectivity index (χ3n) is 4.75. The molecule has 1 aromatic rings. The van der Waals surface area contributed by atoms with Gasteiger partial charge >= 0.3 is 5.97 Å². The van der Waals surface area contributed by atoms with E-state index in [4.69, 9.17) is 14.8 Å². The minimum Gasteiger partial charge on any atom is -0.460 e. The van der Waals surface area contributed by atoms with E-state index in [9.17, 15) is 13.2 Å². The number of ether oxygens (including phenoxy) is 1. The van der Waals surface area contributed by atoms with Crippen LogP contribution in [0.1, 0.15) is 46.6 Å². The van der Waals surface area contributed by atoms with Crippen molar-refractivity contribution >= 4 is 16.0 Å². The van der Waals surface area contributed by atoms with Gasteiger partial charge in [-0.25, -0.2) is 13.9 Å². The molecule has 1 aliphatic heterocycles. The Bertz CT molecular complexity index is 941. The molecule has 31 heavy (non-hydrogen) atoms. The fourth-order valence-corrected chi connectivity index (χ4v) is 4.82. The molecule has 0 spiro atoms. The zero-order valence-corrected chi connectivity index (χ0v) is 19.5. The van der Waals surface area contributed by atoms with E-state index in [1.165, 1.54) is 4.31 Å². The summed E-state index contributed by atoms with van der Waals surface area (Å²) in [7, 11) is -3.64. The topological polar surface area (TPSA) is 109 Å². The fourth-order valence-electron chi connectivity index (χ4n) is 2.96. The average Bonchev–Trinajstić information content (AvgIpc) is 2.69. The fraction of sp³-hybridized carbons (Fsp3) is 0.545. The zero-order chi connectivity index (χ0) is 23.2. The Morgan fingerprint density at radius 1 is 1.26 bits per heavy atom. The molecular weight excluding hydrogens is 418 g/mol. The van der Waals surface area contributed by atoms with Gasteiger partial charge in [0.2, 0.25) is 10.0 Å². The molecule has 0 saturated heterocycles. The number of rotatable bonds is 8. The van der Waals surface area contributed by atoms with Crippen LogP contribution in [0.2, 0.25) is 0 Å². The van der Waals surface area contributed by atoms with E-state index in [1.54, 1.807) is 51.1 Å². The van der Waals surface area contributed by atoms with Gasteiger partial charge in [-0.05, 0) is 57.0 Å². The van der Waals surface area contributed by atoms with Gasteiger partial charge in [0.25, 0.3) is 0 Å². The monoisotopic (exact) mass is 449 g/mol. The van der Waals surface area contributed by atoms with Crippen molar-refractivity contribution < 1.29 is 22.8 Å². The highest BCUT2D eigenvalue weighted by molar-refractivity contribution is 7.89. The predicted molar refractivity (Wildman–Crippen MR) is 117 cm³/mol. The van der Waals surface area contributed by atoms with Crippen LogP contribution >= 0.6 is 0 Å². The minimum absolute atomic E-state index is 0.164. The van der Waals surface area contributed by atoms with E-state index in [2.05, 4.69) is 5.48 Å². The molecular formula is C22H31N3O5S. The van der Waals surface area contributed by atoms with Crippen molar-refractivity contribution in [3.05, 3.63) is 41.6 Å². The highest BCUT2D eigenvalue weighted by Gasteiger charge is 2.35. The zero-order valence-electron chi connectivity index (χ0n) is 18.7. The maximum Gasteiger partial charge on any atom is 0.310 e. The van der Waals surface area contributed by atoms with Gasteiger partial charge in [0, 0.05) is 25.2 Å². The van der Waals surface area contributed by atoms with Crippen molar-refractivity contribution in [1.82, 2.24) is 9.79 Å². The summed E-state index contributed by atoms with van der Waals surface area (Å²) >= 11 is 0. The summed E-state index contributed by atoms with van der Waals surface area (Å²) in [5.41, 5.74) is 3.47. The Morgan fingerprint density at radius 3 is 2.39 bits per heavy atom. The maximum atomic E-state index is 12.9. The number of benzene rings is 1. The van der Waals surface area contributed by atoms with Gasteiger partial charge < -0.3 is 9.57 Å². The normalized spacial score (nSPS) is 16.2. The largest absolute Gasteiger partial charge is 0.460 e. The lowest BCUT2D eigenvalue weighted by Gasteiger charge is -2.30. The molecule has 8 nitrogen and oxygen atoms in total. The van der Waals surface area contributed by atoms with Gasteiger partial charge in [-0.1, -0.05) is 13.8 Å². The van der Waals surface area contributed by atoms with Gasteiger partial charge in [0.05, 0.1) is 23.3 Å². The van der Waals surface area contributed by atoms with E-state index < -0.39 is 27.5 Å². The Balaban J connectivity index is 1.96. The molecule has 0 bridgehead atoms. The first kappa shape index (κ1) is 24.7. The Kier molecular flexibility index (Phi) is 8.09. The van der Waals surface area contributed by atoms with Crippen molar-refractivity contribution in [1.29, 1.82) is 5.26 Å².